The van der Waals surface area contributed by atoms with Gasteiger partial charge < -0.3 is 5.32 Å². The first-order valence-electron chi connectivity index (χ1n) is 4.56. The third-order valence-electron chi connectivity index (χ3n) is 2.00. The Labute approximate surface area is 93.1 Å². The SMILES string of the molecule is Cc1cc(Cl)ccc1Nc1ncccn1. The number of hydrogen-bond donors (Lipinski definition) is 1. The fourth-order valence-corrected chi connectivity index (χ4v) is 1.48. The van der Waals surface area contributed by atoms with Gasteiger partial charge in [0.25, 0.3) is 0 Å². The van der Waals surface area contributed by atoms with Crippen molar-refractivity contribution in [1.82, 2.24) is 9.97 Å². The van der Waals surface area contributed by atoms with Crippen LogP contribution in [0.1, 0.15) is 5.56 Å². The third kappa shape index (κ3) is 2.44. The van der Waals surface area contributed by atoms with Gasteiger partial charge in [-0.05, 0) is 36.8 Å². The van der Waals surface area contributed by atoms with E-state index in [1.54, 1.807) is 18.5 Å². The van der Waals surface area contributed by atoms with Crippen molar-refractivity contribution in [2.45, 2.75) is 6.92 Å². The Hall–Kier alpha value is -1.61. The number of rotatable bonds is 2. The highest BCUT2D eigenvalue weighted by atomic mass is 35.5. The van der Waals surface area contributed by atoms with Crippen LogP contribution in [0.2, 0.25) is 5.02 Å². The molecule has 2 aromatic rings. The summed E-state index contributed by atoms with van der Waals surface area (Å²) < 4.78 is 0. The van der Waals surface area contributed by atoms with Crippen LogP contribution >= 0.6 is 11.6 Å². The maximum atomic E-state index is 5.86. The first-order chi connectivity index (χ1) is 7.25. The van der Waals surface area contributed by atoms with Gasteiger partial charge in [-0.3, -0.25) is 0 Å². The summed E-state index contributed by atoms with van der Waals surface area (Å²) in [6.07, 6.45) is 3.39. The first-order valence-corrected chi connectivity index (χ1v) is 4.94. The molecule has 1 aromatic heterocycles. The van der Waals surface area contributed by atoms with Gasteiger partial charge in [0.05, 0.1) is 0 Å². The van der Waals surface area contributed by atoms with Gasteiger partial charge in [0.1, 0.15) is 0 Å². The van der Waals surface area contributed by atoms with Crippen LogP contribution in [0, 0.1) is 6.92 Å². The van der Waals surface area contributed by atoms with Crippen LogP contribution in [0.3, 0.4) is 0 Å². The molecular formula is C11H10ClN3. The minimum Gasteiger partial charge on any atom is -0.324 e. The van der Waals surface area contributed by atoms with Crippen LogP contribution in [-0.2, 0) is 0 Å². The number of anilines is 2. The van der Waals surface area contributed by atoms with Crippen molar-refractivity contribution in [2.24, 2.45) is 0 Å². The third-order valence-corrected chi connectivity index (χ3v) is 2.24. The smallest absolute Gasteiger partial charge is 0.227 e. The Kier molecular flexibility index (Phi) is 2.83. The van der Waals surface area contributed by atoms with E-state index in [1.165, 1.54) is 0 Å². The molecule has 1 heterocycles. The lowest BCUT2D eigenvalue weighted by molar-refractivity contribution is 1.16. The number of aromatic nitrogens is 2. The highest BCUT2D eigenvalue weighted by molar-refractivity contribution is 6.30. The van der Waals surface area contributed by atoms with Gasteiger partial charge in [0.15, 0.2) is 0 Å². The number of nitrogens with zero attached hydrogens (tertiary/aromatic N) is 2. The fourth-order valence-electron chi connectivity index (χ4n) is 1.25. The van der Waals surface area contributed by atoms with Crippen LogP contribution < -0.4 is 5.32 Å². The summed E-state index contributed by atoms with van der Waals surface area (Å²) in [5.74, 6) is 0.586. The predicted octanol–water partition coefficient (Wildman–Crippen LogP) is 3.18. The van der Waals surface area contributed by atoms with Crippen molar-refractivity contribution in [3.8, 4) is 0 Å². The van der Waals surface area contributed by atoms with E-state index in [0.29, 0.717) is 5.95 Å². The molecule has 0 saturated heterocycles. The molecule has 0 saturated carbocycles. The molecule has 1 aromatic carbocycles. The van der Waals surface area contributed by atoms with E-state index < -0.39 is 0 Å². The topological polar surface area (TPSA) is 37.8 Å². The Morgan fingerprint density at radius 1 is 1.20 bits per heavy atom. The van der Waals surface area contributed by atoms with Crippen molar-refractivity contribution in [3.05, 3.63) is 47.2 Å². The quantitative estimate of drug-likeness (QED) is 0.843. The number of benzene rings is 1. The summed E-state index contributed by atoms with van der Waals surface area (Å²) in [4.78, 5) is 8.16. The maximum absolute atomic E-state index is 5.86. The van der Waals surface area contributed by atoms with Crippen molar-refractivity contribution < 1.29 is 0 Å². The maximum Gasteiger partial charge on any atom is 0.227 e. The minimum absolute atomic E-state index is 0.586. The summed E-state index contributed by atoms with van der Waals surface area (Å²) >= 11 is 5.86. The lowest BCUT2D eigenvalue weighted by Gasteiger charge is -2.07. The van der Waals surface area contributed by atoms with Crippen LogP contribution in [0.5, 0.6) is 0 Å². The zero-order valence-electron chi connectivity index (χ0n) is 8.24. The van der Waals surface area contributed by atoms with Crippen molar-refractivity contribution in [1.29, 1.82) is 0 Å². The van der Waals surface area contributed by atoms with E-state index in [-0.39, 0.29) is 0 Å². The Balaban J connectivity index is 2.25. The van der Waals surface area contributed by atoms with Gasteiger partial charge in [0, 0.05) is 23.1 Å². The normalized spacial score (nSPS) is 10.0. The summed E-state index contributed by atoms with van der Waals surface area (Å²) in [6.45, 7) is 1.98. The highest BCUT2D eigenvalue weighted by Crippen LogP contribution is 2.21. The zero-order chi connectivity index (χ0) is 10.7. The lowest BCUT2D eigenvalue weighted by Crippen LogP contribution is -1.97. The predicted molar refractivity (Wildman–Crippen MR) is 61.5 cm³/mol. The molecule has 3 nitrogen and oxygen atoms in total. The molecule has 0 fully saturated rings. The van der Waals surface area contributed by atoms with E-state index in [1.807, 2.05) is 25.1 Å². The van der Waals surface area contributed by atoms with E-state index in [9.17, 15) is 0 Å². The molecule has 1 N–H and O–H groups in total. The average molecular weight is 220 g/mol. The summed E-state index contributed by atoms with van der Waals surface area (Å²) in [6, 6.07) is 7.42. The van der Waals surface area contributed by atoms with Gasteiger partial charge in [-0.2, -0.15) is 0 Å². The van der Waals surface area contributed by atoms with E-state index in [4.69, 9.17) is 11.6 Å². The van der Waals surface area contributed by atoms with Crippen LogP contribution in [0.4, 0.5) is 11.6 Å². The van der Waals surface area contributed by atoms with Crippen molar-refractivity contribution in [2.75, 3.05) is 5.32 Å². The molecule has 0 spiro atoms. The number of hydrogen-bond acceptors (Lipinski definition) is 3. The molecule has 0 aliphatic heterocycles. The van der Waals surface area contributed by atoms with Gasteiger partial charge >= 0.3 is 0 Å². The summed E-state index contributed by atoms with van der Waals surface area (Å²) in [7, 11) is 0. The highest BCUT2D eigenvalue weighted by Gasteiger charge is 2.00. The molecule has 76 valence electrons. The Bertz CT molecular complexity index is 457. The van der Waals surface area contributed by atoms with Crippen molar-refractivity contribution >= 4 is 23.2 Å². The molecule has 0 amide bonds. The average Bonchev–Trinajstić information content (AvgIpc) is 2.24. The number of halogens is 1. The Morgan fingerprint density at radius 3 is 2.60 bits per heavy atom. The first kappa shape index (κ1) is 9.93. The largest absolute Gasteiger partial charge is 0.324 e. The molecule has 0 radical (unpaired) electrons. The monoisotopic (exact) mass is 219 g/mol. The lowest BCUT2D eigenvalue weighted by atomic mass is 10.2. The molecule has 0 bridgehead atoms. The molecule has 0 atom stereocenters. The van der Waals surface area contributed by atoms with E-state index in [0.717, 1.165) is 16.3 Å². The van der Waals surface area contributed by atoms with Gasteiger partial charge in [-0.1, -0.05) is 11.6 Å². The second-order valence-electron chi connectivity index (χ2n) is 3.16. The molecule has 0 unspecified atom stereocenters. The molecule has 4 heteroatoms. The van der Waals surface area contributed by atoms with Gasteiger partial charge in [-0.15, -0.1) is 0 Å². The fraction of sp³-hybridized carbons (Fsp3) is 0.0909. The van der Waals surface area contributed by atoms with Gasteiger partial charge in [-0.25, -0.2) is 9.97 Å². The molecule has 0 aliphatic rings. The molecule has 0 aliphatic carbocycles. The molecule has 15 heavy (non-hydrogen) atoms. The number of nitrogens with one attached hydrogen (secondary N) is 1. The van der Waals surface area contributed by atoms with Gasteiger partial charge in [0.2, 0.25) is 5.95 Å². The number of aryl methyl sites for hydroxylation is 1. The zero-order valence-corrected chi connectivity index (χ0v) is 8.99. The molecular weight excluding hydrogens is 210 g/mol. The standard InChI is InChI=1S/C11H10ClN3/c1-8-7-9(12)3-4-10(8)15-11-13-5-2-6-14-11/h2-7H,1H3,(H,13,14,15). The second kappa shape index (κ2) is 4.28. The van der Waals surface area contributed by atoms with Crippen molar-refractivity contribution in [3.63, 3.8) is 0 Å². The Morgan fingerprint density at radius 2 is 1.93 bits per heavy atom. The molecule has 2 rings (SSSR count). The summed E-state index contributed by atoms with van der Waals surface area (Å²) in [5.41, 5.74) is 2.03. The van der Waals surface area contributed by atoms with Crippen LogP contribution in [0.25, 0.3) is 0 Å². The minimum atomic E-state index is 0.586. The second-order valence-corrected chi connectivity index (χ2v) is 3.59. The van der Waals surface area contributed by atoms with Crippen LogP contribution in [-0.4, -0.2) is 9.97 Å². The van der Waals surface area contributed by atoms with E-state index in [2.05, 4.69) is 15.3 Å². The summed E-state index contributed by atoms with van der Waals surface area (Å²) in [5, 5.41) is 3.85. The van der Waals surface area contributed by atoms with Crippen LogP contribution in [0.15, 0.2) is 36.7 Å². The van der Waals surface area contributed by atoms with E-state index >= 15 is 0 Å².